The van der Waals surface area contributed by atoms with Crippen LogP contribution in [0.2, 0.25) is 0 Å². The molecule has 0 atom stereocenters. The molecule has 130 valence electrons. The van der Waals surface area contributed by atoms with Crippen molar-refractivity contribution in [3.8, 4) is 0 Å². The molecule has 3 rings (SSSR count). The van der Waals surface area contributed by atoms with Crippen LogP contribution in [-0.4, -0.2) is 18.5 Å². The van der Waals surface area contributed by atoms with E-state index in [4.69, 9.17) is 4.74 Å². The van der Waals surface area contributed by atoms with Gasteiger partial charge in [0.1, 0.15) is 5.00 Å². The molecule has 0 saturated heterocycles. The number of fused-ring (bicyclic) bond motifs is 1. The van der Waals surface area contributed by atoms with Crippen molar-refractivity contribution >= 4 is 34.3 Å². The number of carbonyl (C=O) groups excluding carboxylic acids is 2. The van der Waals surface area contributed by atoms with E-state index in [-0.39, 0.29) is 11.9 Å². The van der Waals surface area contributed by atoms with Crippen LogP contribution in [0.4, 0.5) is 5.00 Å². The minimum atomic E-state index is -0.347. The van der Waals surface area contributed by atoms with Crippen molar-refractivity contribution in [1.29, 1.82) is 0 Å². The van der Waals surface area contributed by atoms with Crippen molar-refractivity contribution in [2.45, 2.75) is 33.1 Å². The maximum atomic E-state index is 12.3. The molecule has 0 bridgehead atoms. The van der Waals surface area contributed by atoms with Gasteiger partial charge in [-0.15, -0.1) is 11.3 Å². The van der Waals surface area contributed by atoms with E-state index in [2.05, 4.69) is 5.32 Å². The Bertz CT molecular complexity index is 818. The molecule has 0 saturated carbocycles. The Morgan fingerprint density at radius 2 is 2.00 bits per heavy atom. The second-order valence-electron chi connectivity index (χ2n) is 6.02. The summed E-state index contributed by atoms with van der Waals surface area (Å²) in [6.45, 7) is 4.13. The number of rotatable bonds is 5. The minimum Gasteiger partial charge on any atom is -0.462 e. The molecule has 0 unspecified atom stereocenters. The van der Waals surface area contributed by atoms with Gasteiger partial charge in [0.25, 0.3) is 0 Å². The van der Waals surface area contributed by atoms with Gasteiger partial charge in [0.05, 0.1) is 12.2 Å². The molecule has 0 fully saturated rings. The summed E-state index contributed by atoms with van der Waals surface area (Å²) >= 11 is 1.49. The fourth-order valence-electron chi connectivity index (χ4n) is 2.91. The van der Waals surface area contributed by atoms with Crippen LogP contribution in [0.25, 0.3) is 6.08 Å². The summed E-state index contributed by atoms with van der Waals surface area (Å²) in [7, 11) is 0. The lowest BCUT2D eigenvalue weighted by molar-refractivity contribution is -0.111. The summed E-state index contributed by atoms with van der Waals surface area (Å²) in [6.07, 6.45) is 6.14. The lowest BCUT2D eigenvalue weighted by atomic mass is 10.1. The van der Waals surface area contributed by atoms with Gasteiger partial charge >= 0.3 is 5.97 Å². The Hall–Kier alpha value is -2.40. The molecule has 1 aromatic carbocycles. The first-order valence-corrected chi connectivity index (χ1v) is 9.27. The number of thiophene rings is 1. The molecule has 1 amide bonds. The SMILES string of the molecule is CCOC(=O)c1c(NC(=O)C=Cc2ccc(C)cc2)sc2c1CCC2. The number of nitrogens with one attached hydrogen (secondary N) is 1. The summed E-state index contributed by atoms with van der Waals surface area (Å²) in [5, 5.41) is 3.45. The van der Waals surface area contributed by atoms with Crippen LogP contribution < -0.4 is 5.32 Å². The predicted molar refractivity (Wildman–Crippen MR) is 101 cm³/mol. The smallest absolute Gasteiger partial charge is 0.341 e. The average molecular weight is 355 g/mol. The van der Waals surface area contributed by atoms with E-state index in [9.17, 15) is 9.59 Å². The molecule has 1 N–H and O–H groups in total. The van der Waals surface area contributed by atoms with Crippen LogP contribution in [0.15, 0.2) is 30.3 Å². The third kappa shape index (κ3) is 3.99. The van der Waals surface area contributed by atoms with Gasteiger partial charge in [-0.05, 0) is 50.3 Å². The Balaban J connectivity index is 1.77. The number of aryl methyl sites for hydroxylation is 2. The number of benzene rings is 1. The van der Waals surface area contributed by atoms with Gasteiger partial charge in [-0.3, -0.25) is 4.79 Å². The van der Waals surface area contributed by atoms with Gasteiger partial charge in [-0.25, -0.2) is 4.79 Å². The molecule has 0 spiro atoms. The van der Waals surface area contributed by atoms with E-state index in [1.807, 2.05) is 31.2 Å². The summed E-state index contributed by atoms with van der Waals surface area (Å²) in [4.78, 5) is 25.7. The average Bonchev–Trinajstić information content (AvgIpc) is 3.15. The number of carbonyl (C=O) groups is 2. The van der Waals surface area contributed by atoms with E-state index in [0.717, 1.165) is 30.4 Å². The van der Waals surface area contributed by atoms with Gasteiger partial charge in [-0.1, -0.05) is 29.8 Å². The fraction of sp³-hybridized carbons (Fsp3) is 0.300. The quantitative estimate of drug-likeness (QED) is 0.640. The number of amides is 1. The van der Waals surface area contributed by atoms with Gasteiger partial charge < -0.3 is 10.1 Å². The third-order valence-corrected chi connectivity index (χ3v) is 5.35. The first kappa shape index (κ1) is 17.4. The summed E-state index contributed by atoms with van der Waals surface area (Å²) in [5.41, 5.74) is 3.71. The molecular formula is C20H21NO3S. The van der Waals surface area contributed by atoms with Crippen LogP contribution in [0.3, 0.4) is 0 Å². The molecule has 1 aliphatic carbocycles. The van der Waals surface area contributed by atoms with Gasteiger partial charge in [0.15, 0.2) is 0 Å². The second-order valence-corrected chi connectivity index (χ2v) is 7.12. The van der Waals surface area contributed by atoms with Gasteiger partial charge in [-0.2, -0.15) is 0 Å². The van der Waals surface area contributed by atoms with E-state index >= 15 is 0 Å². The maximum absolute atomic E-state index is 12.3. The topological polar surface area (TPSA) is 55.4 Å². The Kier molecular flexibility index (Phi) is 5.34. The highest BCUT2D eigenvalue weighted by molar-refractivity contribution is 7.17. The summed E-state index contributed by atoms with van der Waals surface area (Å²) in [5.74, 6) is -0.592. The number of anilines is 1. The lowest BCUT2D eigenvalue weighted by Crippen LogP contribution is -2.13. The minimum absolute atomic E-state index is 0.244. The highest BCUT2D eigenvalue weighted by Crippen LogP contribution is 2.39. The van der Waals surface area contributed by atoms with Crippen molar-refractivity contribution < 1.29 is 14.3 Å². The van der Waals surface area contributed by atoms with Crippen LogP contribution in [0.5, 0.6) is 0 Å². The fourth-order valence-corrected chi connectivity index (χ4v) is 4.19. The standard InChI is InChI=1S/C20H21NO3S/c1-3-24-20(23)18-15-5-4-6-16(15)25-19(18)21-17(22)12-11-14-9-7-13(2)8-10-14/h7-12H,3-6H2,1-2H3,(H,21,22). The number of hydrogen-bond acceptors (Lipinski definition) is 4. The molecule has 2 aromatic rings. The summed E-state index contributed by atoms with van der Waals surface area (Å²) < 4.78 is 5.17. The van der Waals surface area contributed by atoms with Crippen molar-refractivity contribution in [3.63, 3.8) is 0 Å². The van der Waals surface area contributed by atoms with Crippen molar-refractivity contribution in [2.75, 3.05) is 11.9 Å². The van der Waals surface area contributed by atoms with Crippen molar-refractivity contribution in [2.24, 2.45) is 0 Å². The highest BCUT2D eigenvalue weighted by Gasteiger charge is 2.27. The zero-order valence-corrected chi connectivity index (χ0v) is 15.2. The van der Waals surface area contributed by atoms with Crippen molar-refractivity contribution in [3.05, 3.63) is 57.5 Å². The first-order chi connectivity index (χ1) is 12.1. The van der Waals surface area contributed by atoms with Gasteiger partial charge in [0, 0.05) is 11.0 Å². The van der Waals surface area contributed by atoms with Crippen LogP contribution in [0.1, 0.15) is 45.3 Å². The zero-order chi connectivity index (χ0) is 17.8. The van der Waals surface area contributed by atoms with E-state index in [1.54, 1.807) is 13.0 Å². The largest absolute Gasteiger partial charge is 0.462 e. The monoisotopic (exact) mass is 355 g/mol. The molecule has 0 aliphatic heterocycles. The molecule has 1 aromatic heterocycles. The molecule has 4 nitrogen and oxygen atoms in total. The van der Waals surface area contributed by atoms with Crippen LogP contribution in [-0.2, 0) is 22.4 Å². The molecule has 0 radical (unpaired) electrons. The van der Waals surface area contributed by atoms with E-state index < -0.39 is 0 Å². The Morgan fingerprint density at radius 1 is 1.24 bits per heavy atom. The second kappa shape index (κ2) is 7.66. The van der Waals surface area contributed by atoms with E-state index in [1.165, 1.54) is 27.9 Å². The van der Waals surface area contributed by atoms with E-state index in [0.29, 0.717) is 17.2 Å². The molecule has 25 heavy (non-hydrogen) atoms. The van der Waals surface area contributed by atoms with Crippen LogP contribution >= 0.6 is 11.3 Å². The maximum Gasteiger partial charge on any atom is 0.341 e. The van der Waals surface area contributed by atoms with Crippen LogP contribution in [0, 0.1) is 6.92 Å². The highest BCUT2D eigenvalue weighted by atomic mass is 32.1. The third-order valence-electron chi connectivity index (χ3n) is 4.14. The summed E-state index contributed by atoms with van der Waals surface area (Å²) in [6, 6.07) is 7.92. The van der Waals surface area contributed by atoms with Gasteiger partial charge in [0.2, 0.25) is 5.91 Å². The number of ether oxygens (including phenoxy) is 1. The predicted octanol–water partition coefficient (Wildman–Crippen LogP) is 4.37. The first-order valence-electron chi connectivity index (χ1n) is 8.46. The molecule has 5 heteroatoms. The zero-order valence-electron chi connectivity index (χ0n) is 14.4. The molecule has 1 aliphatic rings. The molecule has 1 heterocycles. The normalized spacial score (nSPS) is 13.0. The Labute approximate surface area is 151 Å². The number of hydrogen-bond donors (Lipinski definition) is 1. The van der Waals surface area contributed by atoms with Crippen molar-refractivity contribution in [1.82, 2.24) is 0 Å². The Morgan fingerprint density at radius 3 is 2.72 bits per heavy atom. The molecular weight excluding hydrogens is 334 g/mol. The lowest BCUT2D eigenvalue weighted by Gasteiger charge is -2.06. The number of esters is 1.